The number of hydrogen-bond donors (Lipinski definition) is 2. The van der Waals surface area contributed by atoms with Crippen molar-refractivity contribution in [3.63, 3.8) is 0 Å². The van der Waals surface area contributed by atoms with Crippen molar-refractivity contribution in [2.75, 3.05) is 13.6 Å². The minimum absolute atomic E-state index is 0.185. The highest BCUT2D eigenvalue weighted by Gasteiger charge is 2.29. The number of rotatable bonds is 1. The number of phenols is 1. The Bertz CT molecular complexity index is 403. The molecule has 0 spiro atoms. The second-order valence-corrected chi connectivity index (χ2v) is 3.93. The van der Waals surface area contributed by atoms with Gasteiger partial charge in [0, 0.05) is 18.7 Å². The van der Waals surface area contributed by atoms with Crippen molar-refractivity contribution in [3.8, 4) is 5.75 Å². The Morgan fingerprint density at radius 1 is 1.53 bits per heavy atom. The van der Waals surface area contributed by atoms with Gasteiger partial charge in [0.2, 0.25) is 0 Å². The van der Waals surface area contributed by atoms with Crippen LogP contribution < -0.4 is 0 Å². The summed E-state index contributed by atoms with van der Waals surface area (Å²) in [5, 5.41) is 18.7. The Hall–Kier alpha value is -1.55. The molecule has 1 aromatic rings. The van der Waals surface area contributed by atoms with E-state index in [0.29, 0.717) is 13.1 Å². The third-order valence-electron chi connectivity index (χ3n) is 2.78. The van der Waals surface area contributed by atoms with Crippen LogP contribution >= 0.6 is 0 Å². The summed E-state index contributed by atoms with van der Waals surface area (Å²) in [4.78, 5) is 13.0. The number of hydrogen-bond acceptors (Lipinski definition) is 3. The molecule has 0 saturated carbocycles. The van der Waals surface area contributed by atoms with E-state index >= 15 is 0 Å². The maximum Gasteiger partial charge on any atom is 0.312 e. The van der Waals surface area contributed by atoms with Crippen LogP contribution in [-0.2, 0) is 11.3 Å². The van der Waals surface area contributed by atoms with Crippen LogP contribution in [-0.4, -0.2) is 34.7 Å². The van der Waals surface area contributed by atoms with Gasteiger partial charge in [-0.1, -0.05) is 12.1 Å². The predicted octanol–water partition coefficient (Wildman–Crippen LogP) is 1.01. The van der Waals surface area contributed by atoms with Crippen LogP contribution in [0.15, 0.2) is 18.2 Å². The van der Waals surface area contributed by atoms with Crippen molar-refractivity contribution >= 4 is 5.97 Å². The number of likely N-dealkylation sites (N-methyl/N-ethyl adjacent to an activating group) is 1. The first-order chi connectivity index (χ1) is 7.09. The molecule has 0 radical (unpaired) electrons. The summed E-state index contributed by atoms with van der Waals surface area (Å²) in [6.45, 7) is 1.09. The Labute approximate surface area is 87.8 Å². The second kappa shape index (κ2) is 3.55. The molecule has 0 saturated heterocycles. The van der Waals surface area contributed by atoms with E-state index in [1.165, 1.54) is 0 Å². The van der Waals surface area contributed by atoms with E-state index in [9.17, 15) is 9.90 Å². The molecule has 0 aromatic heterocycles. The van der Waals surface area contributed by atoms with E-state index in [0.717, 1.165) is 11.1 Å². The number of benzene rings is 1. The molecule has 1 unspecified atom stereocenters. The highest BCUT2D eigenvalue weighted by atomic mass is 16.4. The first-order valence-electron chi connectivity index (χ1n) is 4.81. The van der Waals surface area contributed by atoms with Crippen LogP contribution in [0.3, 0.4) is 0 Å². The number of nitrogens with zero attached hydrogens (tertiary/aromatic N) is 1. The molecular weight excluding hydrogens is 194 g/mol. The fourth-order valence-corrected chi connectivity index (χ4v) is 2.05. The quantitative estimate of drug-likeness (QED) is 0.721. The average Bonchev–Trinajstić information content (AvgIpc) is 2.18. The number of carbonyl (C=O) groups is 1. The van der Waals surface area contributed by atoms with Crippen LogP contribution in [0.2, 0.25) is 0 Å². The Morgan fingerprint density at radius 3 is 2.93 bits per heavy atom. The summed E-state index contributed by atoms with van der Waals surface area (Å²) in [5.74, 6) is -1.19. The Balaban J connectivity index is 2.51. The normalized spacial score (nSPS) is 21.0. The predicted molar refractivity (Wildman–Crippen MR) is 54.8 cm³/mol. The molecule has 2 N–H and O–H groups in total. The SMILES string of the molecule is CN1Cc2c(O)cccc2C(C(=O)O)C1. The highest BCUT2D eigenvalue weighted by Crippen LogP contribution is 2.32. The van der Waals surface area contributed by atoms with Gasteiger partial charge in [0.1, 0.15) is 5.75 Å². The minimum atomic E-state index is -0.839. The first-order valence-corrected chi connectivity index (χ1v) is 4.81. The van der Waals surface area contributed by atoms with Crippen LogP contribution in [0, 0.1) is 0 Å². The number of carboxylic acid groups (broad SMARTS) is 1. The van der Waals surface area contributed by atoms with E-state index in [4.69, 9.17) is 5.11 Å². The highest BCUT2D eigenvalue weighted by molar-refractivity contribution is 5.77. The van der Waals surface area contributed by atoms with Crippen LogP contribution in [0.25, 0.3) is 0 Å². The average molecular weight is 207 g/mol. The van der Waals surface area contributed by atoms with Crippen molar-refractivity contribution in [1.29, 1.82) is 0 Å². The third-order valence-corrected chi connectivity index (χ3v) is 2.78. The molecule has 0 bridgehead atoms. The number of fused-ring (bicyclic) bond motifs is 1. The molecule has 4 nitrogen and oxygen atoms in total. The van der Waals surface area contributed by atoms with E-state index in [1.807, 2.05) is 11.9 Å². The molecule has 2 rings (SSSR count). The zero-order valence-corrected chi connectivity index (χ0v) is 8.47. The zero-order valence-electron chi connectivity index (χ0n) is 8.47. The molecule has 1 heterocycles. The molecular formula is C11H13NO3. The van der Waals surface area contributed by atoms with Crippen LogP contribution in [0.1, 0.15) is 17.0 Å². The fourth-order valence-electron chi connectivity index (χ4n) is 2.05. The van der Waals surface area contributed by atoms with Crippen LogP contribution in [0.5, 0.6) is 5.75 Å². The lowest BCUT2D eigenvalue weighted by Crippen LogP contribution is -2.34. The summed E-state index contributed by atoms with van der Waals surface area (Å²) in [7, 11) is 1.85. The largest absolute Gasteiger partial charge is 0.508 e. The zero-order chi connectivity index (χ0) is 11.0. The molecule has 1 aliphatic rings. The molecule has 1 aliphatic heterocycles. The van der Waals surface area contributed by atoms with Gasteiger partial charge in [0.15, 0.2) is 0 Å². The van der Waals surface area contributed by atoms with Crippen molar-refractivity contribution in [2.45, 2.75) is 12.5 Å². The lowest BCUT2D eigenvalue weighted by Gasteiger charge is -2.30. The maximum absolute atomic E-state index is 11.1. The molecule has 15 heavy (non-hydrogen) atoms. The summed E-state index contributed by atoms with van der Waals surface area (Å²) in [6.07, 6.45) is 0. The molecule has 80 valence electrons. The van der Waals surface area contributed by atoms with Crippen LogP contribution in [0.4, 0.5) is 0 Å². The van der Waals surface area contributed by atoms with Gasteiger partial charge < -0.3 is 15.1 Å². The van der Waals surface area contributed by atoms with Gasteiger partial charge in [0.25, 0.3) is 0 Å². The summed E-state index contributed by atoms with van der Waals surface area (Å²) in [6, 6.07) is 5.06. The van der Waals surface area contributed by atoms with Crippen molar-refractivity contribution in [2.24, 2.45) is 0 Å². The topological polar surface area (TPSA) is 60.8 Å². The fraction of sp³-hybridized carbons (Fsp3) is 0.364. The molecule has 0 fully saturated rings. The Morgan fingerprint density at radius 2 is 2.27 bits per heavy atom. The Kier molecular flexibility index (Phi) is 2.36. The van der Waals surface area contributed by atoms with Gasteiger partial charge in [-0.2, -0.15) is 0 Å². The summed E-state index contributed by atoms with van der Waals surface area (Å²) >= 11 is 0. The smallest absolute Gasteiger partial charge is 0.312 e. The van der Waals surface area contributed by atoms with Crippen molar-refractivity contribution in [1.82, 2.24) is 4.90 Å². The van der Waals surface area contributed by atoms with E-state index < -0.39 is 11.9 Å². The summed E-state index contributed by atoms with van der Waals surface area (Å²) < 4.78 is 0. The van der Waals surface area contributed by atoms with Gasteiger partial charge in [-0.15, -0.1) is 0 Å². The molecule has 0 aliphatic carbocycles. The molecule has 0 amide bonds. The van der Waals surface area contributed by atoms with E-state index in [1.54, 1.807) is 18.2 Å². The number of carboxylic acids is 1. The molecule has 4 heteroatoms. The standard InChI is InChI=1S/C11H13NO3/c1-12-5-8-7(3-2-4-10(8)13)9(6-12)11(14)15/h2-4,9,13H,5-6H2,1H3,(H,14,15). The molecule has 1 aromatic carbocycles. The maximum atomic E-state index is 11.1. The second-order valence-electron chi connectivity index (χ2n) is 3.93. The molecule has 1 atom stereocenters. The monoisotopic (exact) mass is 207 g/mol. The number of phenolic OH excluding ortho intramolecular Hbond substituents is 1. The minimum Gasteiger partial charge on any atom is -0.508 e. The third kappa shape index (κ3) is 1.68. The van der Waals surface area contributed by atoms with E-state index in [-0.39, 0.29) is 5.75 Å². The van der Waals surface area contributed by atoms with E-state index in [2.05, 4.69) is 0 Å². The van der Waals surface area contributed by atoms with Gasteiger partial charge in [-0.3, -0.25) is 4.79 Å². The number of aliphatic carboxylic acids is 1. The number of aromatic hydroxyl groups is 1. The lowest BCUT2D eigenvalue weighted by atomic mass is 9.89. The van der Waals surface area contributed by atoms with Gasteiger partial charge in [0.05, 0.1) is 5.92 Å². The first kappa shape index (κ1) is 9.98. The lowest BCUT2D eigenvalue weighted by molar-refractivity contribution is -0.139. The van der Waals surface area contributed by atoms with Crippen molar-refractivity contribution in [3.05, 3.63) is 29.3 Å². The van der Waals surface area contributed by atoms with Gasteiger partial charge in [-0.25, -0.2) is 0 Å². The van der Waals surface area contributed by atoms with Crippen molar-refractivity contribution < 1.29 is 15.0 Å². The van der Waals surface area contributed by atoms with Gasteiger partial charge >= 0.3 is 5.97 Å². The van der Waals surface area contributed by atoms with Gasteiger partial charge in [-0.05, 0) is 18.7 Å². The summed E-state index contributed by atoms with van der Waals surface area (Å²) in [5.41, 5.74) is 1.47.